The van der Waals surface area contributed by atoms with Crippen LogP contribution in [-0.4, -0.2) is 12.4 Å². The number of ether oxygens (including phenoxy) is 1. The molecule has 1 aliphatic rings. The summed E-state index contributed by atoms with van der Waals surface area (Å²) in [6.07, 6.45) is 5.72. The van der Waals surface area contributed by atoms with Gasteiger partial charge in [-0.3, -0.25) is 4.79 Å². The number of halogens is 1. The van der Waals surface area contributed by atoms with Crippen molar-refractivity contribution in [1.82, 2.24) is 0 Å². The molecule has 0 N–H and O–H groups in total. The van der Waals surface area contributed by atoms with Crippen molar-refractivity contribution in [1.29, 1.82) is 0 Å². The fourth-order valence-electron chi connectivity index (χ4n) is 2.22. The van der Waals surface area contributed by atoms with Gasteiger partial charge in [0.05, 0.1) is 11.1 Å². The van der Waals surface area contributed by atoms with Crippen LogP contribution in [0.5, 0.6) is 5.75 Å². The van der Waals surface area contributed by atoms with Gasteiger partial charge in [-0.15, -0.1) is 0 Å². The van der Waals surface area contributed by atoms with Crippen molar-refractivity contribution in [2.24, 2.45) is 5.92 Å². The molecule has 0 heterocycles. The maximum absolute atomic E-state index is 10.6. The minimum Gasteiger partial charge on any atom is -0.490 e. The third-order valence-corrected chi connectivity index (χ3v) is 3.69. The van der Waals surface area contributed by atoms with E-state index in [4.69, 9.17) is 16.3 Å². The molecule has 2 rings (SSSR count). The molecule has 2 nitrogen and oxygen atoms in total. The SMILES string of the molecule is CC1CCC(Oc2ccc(C=O)c(Cl)c2)CC1. The molecule has 17 heavy (non-hydrogen) atoms. The fourth-order valence-corrected chi connectivity index (χ4v) is 2.43. The largest absolute Gasteiger partial charge is 0.490 e. The van der Waals surface area contributed by atoms with E-state index in [0.29, 0.717) is 16.7 Å². The summed E-state index contributed by atoms with van der Waals surface area (Å²) in [5.74, 6) is 1.58. The molecular formula is C14H17ClO2. The molecule has 0 amide bonds. The Labute approximate surface area is 107 Å². The molecule has 0 bridgehead atoms. The van der Waals surface area contributed by atoms with E-state index < -0.39 is 0 Å². The number of hydrogen-bond acceptors (Lipinski definition) is 2. The third kappa shape index (κ3) is 3.22. The average Bonchev–Trinajstić information content (AvgIpc) is 2.32. The van der Waals surface area contributed by atoms with Gasteiger partial charge in [-0.05, 0) is 49.8 Å². The summed E-state index contributed by atoms with van der Waals surface area (Å²) in [5, 5.41) is 0.460. The number of benzene rings is 1. The normalized spacial score (nSPS) is 24.4. The van der Waals surface area contributed by atoms with Crippen molar-refractivity contribution in [2.45, 2.75) is 38.7 Å². The Balaban J connectivity index is 1.99. The predicted molar refractivity (Wildman–Crippen MR) is 68.9 cm³/mol. The van der Waals surface area contributed by atoms with E-state index in [-0.39, 0.29) is 0 Å². The topological polar surface area (TPSA) is 26.3 Å². The quantitative estimate of drug-likeness (QED) is 0.757. The molecule has 1 fully saturated rings. The first-order chi connectivity index (χ1) is 8.19. The van der Waals surface area contributed by atoms with Gasteiger partial charge >= 0.3 is 0 Å². The smallest absolute Gasteiger partial charge is 0.151 e. The summed E-state index contributed by atoms with van der Waals surface area (Å²) in [6, 6.07) is 5.24. The van der Waals surface area contributed by atoms with Gasteiger partial charge in [0.15, 0.2) is 6.29 Å². The van der Waals surface area contributed by atoms with E-state index in [1.165, 1.54) is 12.8 Å². The van der Waals surface area contributed by atoms with Gasteiger partial charge in [0.2, 0.25) is 0 Å². The number of aldehydes is 1. The summed E-state index contributed by atoms with van der Waals surface area (Å²) in [6.45, 7) is 2.28. The van der Waals surface area contributed by atoms with Crippen molar-refractivity contribution < 1.29 is 9.53 Å². The highest BCUT2D eigenvalue weighted by atomic mass is 35.5. The minimum absolute atomic E-state index is 0.296. The lowest BCUT2D eigenvalue weighted by Gasteiger charge is -2.26. The molecule has 92 valence electrons. The van der Waals surface area contributed by atoms with Crippen LogP contribution in [-0.2, 0) is 0 Å². The van der Waals surface area contributed by atoms with Crippen LogP contribution in [0.4, 0.5) is 0 Å². The van der Waals surface area contributed by atoms with Gasteiger partial charge in [0, 0.05) is 5.56 Å². The van der Waals surface area contributed by atoms with Crippen LogP contribution in [0.15, 0.2) is 18.2 Å². The van der Waals surface area contributed by atoms with Gasteiger partial charge in [-0.1, -0.05) is 18.5 Å². The van der Waals surface area contributed by atoms with E-state index in [0.717, 1.165) is 30.8 Å². The monoisotopic (exact) mass is 252 g/mol. The minimum atomic E-state index is 0.296. The molecule has 1 aliphatic carbocycles. The number of carbonyl (C=O) groups excluding carboxylic acids is 1. The van der Waals surface area contributed by atoms with Crippen LogP contribution >= 0.6 is 11.6 Å². The molecule has 0 aromatic heterocycles. The molecule has 0 spiro atoms. The molecule has 0 aliphatic heterocycles. The Morgan fingerprint density at radius 1 is 1.29 bits per heavy atom. The van der Waals surface area contributed by atoms with E-state index >= 15 is 0 Å². The maximum atomic E-state index is 10.6. The Kier molecular flexibility index (Phi) is 4.06. The fraction of sp³-hybridized carbons (Fsp3) is 0.500. The Bertz CT molecular complexity index is 395. The highest BCUT2D eigenvalue weighted by Crippen LogP contribution is 2.28. The Morgan fingerprint density at radius 3 is 2.59 bits per heavy atom. The van der Waals surface area contributed by atoms with E-state index in [2.05, 4.69) is 6.92 Å². The number of carbonyl (C=O) groups is 1. The molecule has 3 heteroatoms. The summed E-state index contributed by atoms with van der Waals surface area (Å²) in [4.78, 5) is 10.6. The van der Waals surface area contributed by atoms with Gasteiger partial charge in [-0.2, -0.15) is 0 Å². The molecule has 0 unspecified atom stereocenters. The van der Waals surface area contributed by atoms with E-state index in [1.54, 1.807) is 12.1 Å². The molecule has 0 atom stereocenters. The second-order valence-corrected chi connectivity index (χ2v) is 5.21. The highest BCUT2D eigenvalue weighted by molar-refractivity contribution is 6.33. The lowest BCUT2D eigenvalue weighted by molar-refractivity contribution is 0.112. The lowest BCUT2D eigenvalue weighted by atomic mass is 9.89. The second-order valence-electron chi connectivity index (χ2n) is 4.80. The van der Waals surface area contributed by atoms with Crippen LogP contribution in [0.2, 0.25) is 5.02 Å². The summed E-state index contributed by atoms with van der Waals surface area (Å²) in [7, 11) is 0. The lowest BCUT2D eigenvalue weighted by Crippen LogP contribution is -2.23. The van der Waals surface area contributed by atoms with Crippen molar-refractivity contribution >= 4 is 17.9 Å². The first kappa shape index (κ1) is 12.4. The van der Waals surface area contributed by atoms with Crippen LogP contribution < -0.4 is 4.74 Å². The second kappa shape index (κ2) is 5.54. The van der Waals surface area contributed by atoms with Gasteiger partial charge in [-0.25, -0.2) is 0 Å². The van der Waals surface area contributed by atoms with E-state index in [9.17, 15) is 4.79 Å². The molecule has 0 radical (unpaired) electrons. The van der Waals surface area contributed by atoms with Gasteiger partial charge in [0.1, 0.15) is 5.75 Å². The summed E-state index contributed by atoms with van der Waals surface area (Å²) < 4.78 is 5.88. The van der Waals surface area contributed by atoms with Crippen molar-refractivity contribution in [3.8, 4) is 5.75 Å². The summed E-state index contributed by atoms with van der Waals surface area (Å²) >= 11 is 5.96. The molecule has 1 saturated carbocycles. The van der Waals surface area contributed by atoms with Crippen LogP contribution in [0.3, 0.4) is 0 Å². The standard InChI is InChI=1S/C14H17ClO2/c1-10-2-5-12(6-3-10)17-13-7-4-11(9-16)14(15)8-13/h4,7-10,12H,2-3,5-6H2,1H3. The van der Waals surface area contributed by atoms with Crippen molar-refractivity contribution in [3.63, 3.8) is 0 Å². The van der Waals surface area contributed by atoms with Crippen LogP contribution in [0.25, 0.3) is 0 Å². The summed E-state index contributed by atoms with van der Waals surface area (Å²) in [5.41, 5.74) is 0.510. The zero-order chi connectivity index (χ0) is 12.3. The van der Waals surface area contributed by atoms with Gasteiger partial charge in [0.25, 0.3) is 0 Å². The Hall–Kier alpha value is -1.02. The van der Waals surface area contributed by atoms with Crippen LogP contribution in [0.1, 0.15) is 43.0 Å². The highest BCUT2D eigenvalue weighted by Gasteiger charge is 2.19. The third-order valence-electron chi connectivity index (χ3n) is 3.36. The molecule has 1 aromatic carbocycles. The van der Waals surface area contributed by atoms with Crippen molar-refractivity contribution in [3.05, 3.63) is 28.8 Å². The first-order valence-corrected chi connectivity index (χ1v) is 6.48. The predicted octanol–water partition coefficient (Wildman–Crippen LogP) is 4.11. The average molecular weight is 253 g/mol. The zero-order valence-corrected chi connectivity index (χ0v) is 10.7. The number of hydrogen-bond donors (Lipinski definition) is 0. The first-order valence-electron chi connectivity index (χ1n) is 6.10. The molecular weight excluding hydrogens is 236 g/mol. The van der Waals surface area contributed by atoms with Crippen LogP contribution in [0, 0.1) is 5.92 Å². The van der Waals surface area contributed by atoms with E-state index in [1.807, 2.05) is 6.07 Å². The van der Waals surface area contributed by atoms with Crippen molar-refractivity contribution in [2.75, 3.05) is 0 Å². The molecule has 1 aromatic rings. The number of rotatable bonds is 3. The maximum Gasteiger partial charge on any atom is 0.151 e. The molecule has 0 saturated heterocycles. The Morgan fingerprint density at radius 2 is 2.00 bits per heavy atom. The zero-order valence-electron chi connectivity index (χ0n) is 9.99. The van der Waals surface area contributed by atoms with Gasteiger partial charge < -0.3 is 4.74 Å².